The van der Waals surface area contributed by atoms with Crippen LogP contribution in [-0.2, 0) is 0 Å². The summed E-state index contributed by atoms with van der Waals surface area (Å²) in [6.45, 7) is 6.58. The Labute approximate surface area is 250 Å². The van der Waals surface area contributed by atoms with Gasteiger partial charge in [-0.05, 0) is 105 Å². The van der Waals surface area contributed by atoms with Crippen LogP contribution in [0.1, 0.15) is 40.3 Å². The quantitative estimate of drug-likeness (QED) is 0.211. The Morgan fingerprint density at radius 3 is 2.29 bits per heavy atom. The van der Waals surface area contributed by atoms with Gasteiger partial charge in [-0.3, -0.25) is 4.98 Å². The van der Waals surface area contributed by atoms with E-state index < -0.39 is 0 Å². The summed E-state index contributed by atoms with van der Waals surface area (Å²) >= 11 is 5.98. The predicted molar refractivity (Wildman–Crippen MR) is 167 cm³/mol. The van der Waals surface area contributed by atoms with Crippen molar-refractivity contribution in [3.63, 3.8) is 0 Å². The summed E-state index contributed by atoms with van der Waals surface area (Å²) in [7, 11) is 0. The van der Waals surface area contributed by atoms with E-state index in [1.54, 1.807) is 0 Å². The minimum atomic E-state index is -0.145. The molecule has 2 atom stereocenters. The second-order valence-electron chi connectivity index (χ2n) is 10.6. The van der Waals surface area contributed by atoms with Gasteiger partial charge in [0, 0.05) is 35.0 Å². The third-order valence-electron chi connectivity index (χ3n) is 7.87. The average molecular weight is 575 g/mol. The molecule has 0 radical (unpaired) electrons. The molecule has 1 fully saturated rings. The van der Waals surface area contributed by atoms with Crippen LogP contribution in [0.4, 0.5) is 5.69 Å². The lowest BCUT2D eigenvalue weighted by Crippen LogP contribution is -2.29. The van der Waals surface area contributed by atoms with Crippen molar-refractivity contribution in [2.75, 3.05) is 11.7 Å². The number of nitrogens with zero attached hydrogens (tertiary/aromatic N) is 3. The fraction of sp³-hybridized carbons (Fsp3) is 0.176. The minimum Gasteiger partial charge on any atom is -0.457 e. The number of benzene rings is 3. The van der Waals surface area contributed by atoms with Gasteiger partial charge in [0.25, 0.3) is 0 Å². The van der Waals surface area contributed by atoms with Crippen LogP contribution in [0, 0.1) is 20.8 Å². The van der Waals surface area contributed by atoms with E-state index in [2.05, 4.69) is 59.8 Å². The molecule has 1 saturated heterocycles. The maximum atomic E-state index is 6.10. The van der Waals surface area contributed by atoms with Gasteiger partial charge in [-0.25, -0.2) is 0 Å². The molecule has 1 N–H and O–H groups in total. The van der Waals surface area contributed by atoms with Gasteiger partial charge in [-0.1, -0.05) is 23.8 Å². The number of anilines is 1. The normalized spacial score (nSPS) is 17.4. The Kier molecular flexibility index (Phi) is 6.55. The second-order valence-corrected chi connectivity index (χ2v) is 11.0. The molecule has 0 saturated carbocycles. The van der Waals surface area contributed by atoms with Gasteiger partial charge in [-0.2, -0.15) is 0 Å². The zero-order valence-electron chi connectivity index (χ0n) is 23.6. The van der Waals surface area contributed by atoms with Crippen molar-refractivity contribution in [2.45, 2.75) is 32.9 Å². The maximum absolute atomic E-state index is 6.10. The molecule has 2 aliphatic rings. The van der Waals surface area contributed by atoms with Crippen LogP contribution in [-0.4, -0.2) is 21.5 Å². The second kappa shape index (κ2) is 10.5. The van der Waals surface area contributed by atoms with Crippen LogP contribution >= 0.6 is 12.2 Å². The smallest absolute Gasteiger partial charge is 0.231 e. The number of hydrogen-bond donors (Lipinski definition) is 1. The third-order valence-corrected chi connectivity index (χ3v) is 8.19. The summed E-state index contributed by atoms with van der Waals surface area (Å²) in [5.74, 6) is 3.09. The number of aryl methyl sites for hydroxylation is 2. The van der Waals surface area contributed by atoms with Crippen molar-refractivity contribution in [1.82, 2.24) is 14.9 Å². The van der Waals surface area contributed by atoms with E-state index in [4.69, 9.17) is 31.4 Å². The fourth-order valence-corrected chi connectivity index (χ4v) is 6.22. The van der Waals surface area contributed by atoms with Gasteiger partial charge in [0.05, 0.1) is 17.8 Å². The lowest BCUT2D eigenvalue weighted by molar-refractivity contribution is 0.174. The largest absolute Gasteiger partial charge is 0.457 e. The highest BCUT2D eigenvalue weighted by molar-refractivity contribution is 7.80. The van der Waals surface area contributed by atoms with E-state index >= 15 is 0 Å². The molecule has 2 aromatic heterocycles. The van der Waals surface area contributed by atoms with E-state index in [-0.39, 0.29) is 18.9 Å². The average Bonchev–Trinajstić information content (AvgIpc) is 3.69. The zero-order valence-corrected chi connectivity index (χ0v) is 24.4. The van der Waals surface area contributed by atoms with Gasteiger partial charge in [0.2, 0.25) is 6.79 Å². The molecule has 8 heteroatoms. The number of thiocarbonyl (C=S) groups is 1. The summed E-state index contributed by atoms with van der Waals surface area (Å²) < 4.78 is 19.6. The summed E-state index contributed by atoms with van der Waals surface area (Å²) in [4.78, 5) is 6.91. The molecule has 0 spiro atoms. The van der Waals surface area contributed by atoms with Crippen molar-refractivity contribution in [3.05, 3.63) is 125 Å². The number of ether oxygens (including phenoxy) is 3. The third kappa shape index (κ3) is 4.63. The molecule has 0 bridgehead atoms. The molecule has 42 heavy (non-hydrogen) atoms. The summed E-state index contributed by atoms with van der Waals surface area (Å²) in [5.41, 5.74) is 7.51. The molecule has 210 valence electrons. The van der Waals surface area contributed by atoms with Gasteiger partial charge in [0.15, 0.2) is 16.6 Å². The summed E-state index contributed by atoms with van der Waals surface area (Å²) in [6, 6.07) is 30.2. The minimum absolute atomic E-state index is 0.134. The van der Waals surface area contributed by atoms with E-state index in [9.17, 15) is 0 Å². The molecule has 0 amide bonds. The highest BCUT2D eigenvalue weighted by Crippen LogP contribution is 2.44. The first-order valence-electron chi connectivity index (χ1n) is 13.9. The van der Waals surface area contributed by atoms with E-state index in [0.29, 0.717) is 5.11 Å². The molecular weight excluding hydrogens is 544 g/mol. The predicted octanol–water partition coefficient (Wildman–Crippen LogP) is 7.50. The highest BCUT2D eigenvalue weighted by atomic mass is 32.1. The van der Waals surface area contributed by atoms with Crippen LogP contribution < -0.4 is 24.4 Å². The van der Waals surface area contributed by atoms with Crippen molar-refractivity contribution in [2.24, 2.45) is 0 Å². The number of fused-ring (bicyclic) bond motifs is 1. The Bertz CT molecular complexity index is 1770. The number of aromatic nitrogens is 2. The van der Waals surface area contributed by atoms with Crippen molar-refractivity contribution in [3.8, 4) is 28.7 Å². The van der Waals surface area contributed by atoms with Gasteiger partial charge in [-0.15, -0.1) is 0 Å². The van der Waals surface area contributed by atoms with Crippen molar-refractivity contribution < 1.29 is 14.2 Å². The first-order chi connectivity index (χ1) is 20.5. The molecule has 7 nitrogen and oxygen atoms in total. The first-order valence-corrected chi connectivity index (χ1v) is 14.3. The van der Waals surface area contributed by atoms with Crippen LogP contribution in [0.15, 0.2) is 97.2 Å². The monoisotopic (exact) mass is 574 g/mol. The molecule has 5 aromatic rings. The number of nitrogens with one attached hydrogen (secondary N) is 1. The van der Waals surface area contributed by atoms with E-state index in [1.807, 2.05) is 72.9 Å². The fourth-order valence-electron chi connectivity index (χ4n) is 5.87. The molecule has 3 aromatic carbocycles. The lowest BCUT2D eigenvalue weighted by atomic mass is 9.96. The van der Waals surface area contributed by atoms with Gasteiger partial charge >= 0.3 is 0 Å². The van der Waals surface area contributed by atoms with Crippen LogP contribution in [0.3, 0.4) is 0 Å². The van der Waals surface area contributed by atoms with Crippen LogP contribution in [0.5, 0.6) is 23.0 Å². The molecule has 7 rings (SSSR count). The topological polar surface area (TPSA) is 60.8 Å². The van der Waals surface area contributed by atoms with Crippen molar-refractivity contribution in [1.29, 1.82) is 0 Å². The zero-order chi connectivity index (χ0) is 28.8. The van der Waals surface area contributed by atoms with E-state index in [0.717, 1.165) is 57.0 Å². The molecule has 2 aliphatic heterocycles. The maximum Gasteiger partial charge on any atom is 0.231 e. The number of hydrogen-bond acceptors (Lipinski definition) is 5. The summed E-state index contributed by atoms with van der Waals surface area (Å²) in [5, 5.41) is 4.22. The highest BCUT2D eigenvalue weighted by Gasteiger charge is 2.42. The molecule has 4 heterocycles. The molecule has 0 unspecified atom stereocenters. The molecule has 0 aliphatic carbocycles. The Balaban J connectivity index is 1.28. The van der Waals surface area contributed by atoms with Crippen LogP contribution in [0.2, 0.25) is 0 Å². The Morgan fingerprint density at radius 2 is 1.55 bits per heavy atom. The van der Waals surface area contributed by atoms with Crippen LogP contribution in [0.25, 0.3) is 5.69 Å². The van der Waals surface area contributed by atoms with Crippen molar-refractivity contribution >= 4 is 23.0 Å². The Hall–Kier alpha value is -4.82. The standard InChI is InChI=1S/C34H30N4O3S/c1-21-7-12-26(13-8-21)41-27-14-9-24(10-15-27)38-33(32(36-34(38)42)29-6-4-5-17-35-29)28-18-22(2)37(23(28)3)25-11-16-30-31(19-25)40-20-39-30/h4-19,32-33H,20H2,1-3H3,(H,36,42)/t32-,33-/m1/s1. The van der Waals surface area contributed by atoms with Gasteiger partial charge in [0.1, 0.15) is 11.5 Å². The number of pyridine rings is 1. The summed E-state index contributed by atoms with van der Waals surface area (Å²) in [6.07, 6.45) is 1.83. The van der Waals surface area contributed by atoms with Gasteiger partial charge < -0.3 is 29.0 Å². The number of rotatable bonds is 6. The van der Waals surface area contributed by atoms with E-state index in [1.165, 1.54) is 5.56 Å². The molecular formula is C34H30N4O3S. The first kappa shape index (κ1) is 26.1. The SMILES string of the molecule is Cc1ccc(Oc2ccc(N3C(=S)N[C@H](c4ccccn4)[C@H]3c3cc(C)n(-c4ccc5c(c4)OCO5)c3C)cc2)cc1. The Morgan fingerprint density at radius 1 is 0.833 bits per heavy atom. The lowest BCUT2D eigenvalue weighted by Gasteiger charge is -2.28.